The monoisotopic (exact) mass is 414 g/mol. The number of halogens is 6. The summed E-state index contributed by atoms with van der Waals surface area (Å²) in [6.45, 7) is 0. The summed E-state index contributed by atoms with van der Waals surface area (Å²) in [6, 6.07) is 10.9. The van der Waals surface area contributed by atoms with Gasteiger partial charge in [0.05, 0.1) is 0 Å². The van der Waals surface area contributed by atoms with Crippen LogP contribution in [0.3, 0.4) is 0 Å². The molecule has 0 aliphatic carbocycles. The van der Waals surface area contributed by atoms with E-state index in [-0.39, 0.29) is 0 Å². The second-order valence-corrected chi connectivity index (χ2v) is 12.1. The Bertz CT molecular complexity index is 383. The minimum Gasteiger partial charge on any atom is -0.0622 e. The Hall–Kier alpha value is -0.0318. The smallest absolute Gasteiger partial charge is 0.0622 e. The van der Waals surface area contributed by atoms with E-state index in [4.69, 9.17) is 0 Å². The van der Waals surface area contributed by atoms with Crippen molar-refractivity contribution in [3.63, 3.8) is 0 Å². The standard InChI is InChI=1S/C11H15S.6FH.Sb/c1-2-6-11(7-3-1)10-12-8-4-5-9-12;;;;;;;/h1-3,6-7H,4-5,8-10H2;6*1H;/q+1;;;;;;;+5/p-6. The van der Waals surface area contributed by atoms with Crippen LogP contribution in [-0.2, 0) is 16.6 Å². The SMILES string of the molecule is [F][Sb-]([F])([F])([F])([F])[F].c1ccc(C[S+]2CCCC2)cc1. The molecule has 0 radical (unpaired) electrons. The Morgan fingerprint density at radius 3 is 1.68 bits per heavy atom. The van der Waals surface area contributed by atoms with Crippen LogP contribution >= 0.6 is 0 Å². The summed E-state index contributed by atoms with van der Waals surface area (Å²) < 4.78 is 59.6. The molecular formula is C11H15F6SSb. The second kappa shape index (κ2) is 5.39. The summed E-state index contributed by atoms with van der Waals surface area (Å²) in [6.07, 6.45) is 2.94. The number of benzene rings is 1. The molecule has 2 rings (SSSR count). The Kier molecular flexibility index (Phi) is 4.83. The van der Waals surface area contributed by atoms with E-state index in [2.05, 4.69) is 30.3 Å². The maximum absolute atomic E-state index is 11.2. The van der Waals surface area contributed by atoms with Crippen LogP contribution in [0.15, 0.2) is 30.3 Å². The minimum atomic E-state index is -11.2. The Morgan fingerprint density at radius 1 is 0.842 bits per heavy atom. The fourth-order valence-electron chi connectivity index (χ4n) is 1.67. The van der Waals surface area contributed by atoms with E-state index >= 15 is 0 Å². The van der Waals surface area contributed by atoms with Crippen molar-refractivity contribution in [2.24, 2.45) is 0 Å². The molecule has 1 saturated heterocycles. The van der Waals surface area contributed by atoms with Gasteiger partial charge in [-0.25, -0.2) is 0 Å². The number of rotatable bonds is 2. The molecule has 0 nitrogen and oxygen atoms in total. The van der Waals surface area contributed by atoms with Crippen molar-refractivity contribution in [3.05, 3.63) is 35.9 Å². The van der Waals surface area contributed by atoms with Gasteiger partial charge in [-0.15, -0.1) is 0 Å². The molecule has 0 bridgehead atoms. The number of hydrogen-bond acceptors (Lipinski definition) is 0. The largest absolute Gasteiger partial charge is 0.133 e. The summed E-state index contributed by atoms with van der Waals surface area (Å²) >= 11 is -11.2. The third-order valence-corrected chi connectivity index (χ3v) is 4.80. The zero-order valence-corrected chi connectivity index (χ0v) is 13.4. The molecular weight excluding hydrogens is 400 g/mol. The van der Waals surface area contributed by atoms with Crippen molar-refractivity contribution in [1.29, 1.82) is 0 Å². The Balaban J connectivity index is 0.000000224. The summed E-state index contributed by atoms with van der Waals surface area (Å²) in [4.78, 5) is 0. The van der Waals surface area contributed by atoms with Gasteiger partial charge >= 0.3 is 36.4 Å². The topological polar surface area (TPSA) is 0 Å². The van der Waals surface area contributed by atoms with E-state index in [0.717, 1.165) is 10.9 Å². The van der Waals surface area contributed by atoms with Crippen molar-refractivity contribution in [2.75, 3.05) is 11.5 Å². The molecule has 0 saturated carbocycles. The predicted octanol–water partition coefficient (Wildman–Crippen LogP) is 4.74. The molecule has 19 heavy (non-hydrogen) atoms. The average molecular weight is 415 g/mol. The Morgan fingerprint density at radius 2 is 1.26 bits per heavy atom. The van der Waals surface area contributed by atoms with Crippen LogP contribution in [-0.4, -0.2) is 31.0 Å². The van der Waals surface area contributed by atoms with E-state index in [1.165, 1.54) is 35.7 Å². The van der Waals surface area contributed by atoms with Gasteiger partial charge in [0.25, 0.3) is 0 Å². The first-order chi connectivity index (χ1) is 8.40. The summed E-state index contributed by atoms with van der Waals surface area (Å²) in [5, 5.41) is 0. The van der Waals surface area contributed by atoms with Gasteiger partial charge in [-0.3, -0.25) is 0 Å². The van der Waals surface area contributed by atoms with Crippen LogP contribution in [0.1, 0.15) is 18.4 Å². The van der Waals surface area contributed by atoms with E-state index in [1.807, 2.05) is 0 Å². The van der Waals surface area contributed by atoms with Crippen LogP contribution in [0, 0.1) is 0 Å². The van der Waals surface area contributed by atoms with E-state index in [1.54, 1.807) is 0 Å². The van der Waals surface area contributed by atoms with Crippen molar-refractivity contribution < 1.29 is 16.9 Å². The minimum absolute atomic E-state index is 0.722. The molecule has 112 valence electrons. The van der Waals surface area contributed by atoms with E-state index in [0.29, 0.717) is 0 Å². The van der Waals surface area contributed by atoms with Gasteiger partial charge in [0.1, 0.15) is 17.3 Å². The van der Waals surface area contributed by atoms with E-state index in [9.17, 15) is 16.9 Å². The molecule has 0 N–H and O–H groups in total. The maximum atomic E-state index is 9.93. The van der Waals surface area contributed by atoms with Crippen LogP contribution in [0.5, 0.6) is 0 Å². The van der Waals surface area contributed by atoms with Crippen LogP contribution in [0.25, 0.3) is 0 Å². The quantitative estimate of drug-likeness (QED) is 0.372. The third kappa shape index (κ3) is 12.7. The molecule has 8 heteroatoms. The first-order valence-electron chi connectivity index (χ1n) is 5.64. The Labute approximate surface area is 113 Å². The van der Waals surface area contributed by atoms with Gasteiger partial charge < -0.3 is 0 Å². The predicted molar refractivity (Wildman–Crippen MR) is 68.9 cm³/mol. The second-order valence-electron chi connectivity index (χ2n) is 4.32. The molecule has 1 aromatic carbocycles. The zero-order valence-electron chi connectivity index (χ0n) is 10.0. The van der Waals surface area contributed by atoms with Crippen LogP contribution in [0.2, 0.25) is 0 Å². The molecule has 0 atom stereocenters. The summed E-state index contributed by atoms with van der Waals surface area (Å²) in [5.41, 5.74) is 1.53. The molecule has 1 aliphatic heterocycles. The van der Waals surface area contributed by atoms with Gasteiger partial charge in [-0.2, -0.15) is 0 Å². The molecule has 0 amide bonds. The van der Waals surface area contributed by atoms with Gasteiger partial charge in [-0.05, 0) is 23.7 Å². The average Bonchev–Trinajstić information content (AvgIpc) is 2.67. The normalized spacial score (nSPS) is 20.1. The van der Waals surface area contributed by atoms with Gasteiger partial charge in [-0.1, -0.05) is 30.3 Å². The van der Waals surface area contributed by atoms with Crippen molar-refractivity contribution in [2.45, 2.75) is 18.6 Å². The maximum Gasteiger partial charge on any atom is 0.133 e. The molecule has 0 spiro atoms. The molecule has 0 aromatic heterocycles. The van der Waals surface area contributed by atoms with Crippen molar-refractivity contribution in [3.8, 4) is 0 Å². The van der Waals surface area contributed by atoms with Gasteiger partial charge in [0.15, 0.2) is 0 Å². The van der Waals surface area contributed by atoms with Crippen molar-refractivity contribution in [1.82, 2.24) is 0 Å². The van der Waals surface area contributed by atoms with Crippen LogP contribution < -0.4 is 0 Å². The molecule has 1 aliphatic rings. The molecule has 1 fully saturated rings. The zero-order chi connectivity index (χ0) is 14.6. The molecule has 0 unspecified atom stereocenters. The van der Waals surface area contributed by atoms with Gasteiger partial charge in [0, 0.05) is 5.56 Å². The summed E-state index contributed by atoms with van der Waals surface area (Å²) in [5.74, 6) is 4.30. The van der Waals surface area contributed by atoms with Gasteiger partial charge in [0.2, 0.25) is 0 Å². The summed E-state index contributed by atoms with van der Waals surface area (Å²) in [7, 11) is 0.722. The molecule has 1 aromatic rings. The fourth-order valence-corrected chi connectivity index (χ4v) is 4.05. The number of hydrogen-bond donors (Lipinski definition) is 0. The van der Waals surface area contributed by atoms with E-state index < -0.39 is 19.5 Å². The fraction of sp³-hybridized carbons (Fsp3) is 0.455. The van der Waals surface area contributed by atoms with Crippen LogP contribution in [0.4, 0.5) is 16.9 Å². The third-order valence-electron chi connectivity index (χ3n) is 2.33. The first-order valence-corrected chi connectivity index (χ1v) is 13.2. The first kappa shape index (κ1) is 17.0. The van der Waals surface area contributed by atoms with Crippen molar-refractivity contribution >= 4 is 30.4 Å². The molecule has 1 heterocycles.